The third-order valence-electron chi connectivity index (χ3n) is 6.01. The molecule has 5 heteroatoms. The van der Waals surface area contributed by atoms with Crippen LogP contribution in [0.5, 0.6) is 0 Å². The van der Waals surface area contributed by atoms with Crippen LogP contribution in [0, 0.1) is 0 Å². The van der Waals surface area contributed by atoms with Crippen LogP contribution in [-0.2, 0) is 38.8 Å². The van der Waals surface area contributed by atoms with E-state index in [0.717, 1.165) is 16.7 Å². The molecule has 3 atom stereocenters. The minimum absolute atomic E-state index is 0.345. The van der Waals surface area contributed by atoms with E-state index in [-0.39, 0.29) is 18.3 Å². The summed E-state index contributed by atoms with van der Waals surface area (Å²) in [6, 6.07) is 34.1. The number of ether oxygens (including phenoxy) is 4. The van der Waals surface area contributed by atoms with Crippen LogP contribution in [-0.4, -0.2) is 24.9 Å². The van der Waals surface area contributed by atoms with Crippen molar-refractivity contribution in [2.45, 2.75) is 38.1 Å². The minimum atomic E-state index is -0.386. The topological polar surface area (TPSA) is 50.1 Å². The van der Waals surface area contributed by atoms with Gasteiger partial charge in [-0.3, -0.25) is 0 Å². The summed E-state index contributed by atoms with van der Waals surface area (Å²) < 4.78 is 31.0. The maximum Gasteiger partial charge on any atom is 0.168 e. The summed E-state index contributed by atoms with van der Waals surface area (Å²) in [5.41, 5.74) is 3.29. The third kappa shape index (κ3) is 6.52. The molecule has 0 saturated heterocycles. The Balaban J connectivity index is 1.36. The van der Waals surface area contributed by atoms with E-state index in [1.165, 1.54) is 0 Å². The average Bonchev–Trinajstić information content (AvgIpc) is 3.48. The largest absolute Gasteiger partial charge is 0.481 e. The number of benzene rings is 3. The van der Waals surface area contributed by atoms with Crippen molar-refractivity contribution in [2.75, 3.05) is 6.61 Å². The monoisotopic (exact) mass is 482 g/mol. The Morgan fingerprint density at radius 3 is 1.78 bits per heavy atom. The molecule has 2 heterocycles. The van der Waals surface area contributed by atoms with Gasteiger partial charge in [0.25, 0.3) is 0 Å². The Bertz CT molecular complexity index is 1190. The second-order valence-electron chi connectivity index (χ2n) is 8.69. The van der Waals surface area contributed by atoms with Crippen LogP contribution in [0.4, 0.5) is 0 Å². The van der Waals surface area contributed by atoms with Gasteiger partial charge in [0.15, 0.2) is 17.6 Å². The lowest BCUT2D eigenvalue weighted by Crippen LogP contribution is -2.46. The number of hydrogen-bond acceptors (Lipinski definition) is 5. The lowest BCUT2D eigenvalue weighted by molar-refractivity contribution is -0.142. The molecule has 36 heavy (non-hydrogen) atoms. The first-order valence-corrected chi connectivity index (χ1v) is 12.2. The molecule has 1 aromatic heterocycles. The zero-order valence-electron chi connectivity index (χ0n) is 20.1. The van der Waals surface area contributed by atoms with Crippen LogP contribution in [0.1, 0.15) is 22.5 Å². The van der Waals surface area contributed by atoms with Crippen molar-refractivity contribution in [3.63, 3.8) is 0 Å². The van der Waals surface area contributed by atoms with Crippen molar-refractivity contribution in [3.8, 4) is 0 Å². The molecule has 0 saturated carbocycles. The lowest BCUT2D eigenvalue weighted by atomic mass is 10.0. The highest BCUT2D eigenvalue weighted by Crippen LogP contribution is 2.31. The van der Waals surface area contributed by atoms with Crippen LogP contribution < -0.4 is 0 Å². The highest BCUT2D eigenvalue weighted by Gasteiger charge is 2.38. The quantitative estimate of drug-likeness (QED) is 0.247. The lowest BCUT2D eigenvalue weighted by Gasteiger charge is -2.36. The van der Waals surface area contributed by atoms with Gasteiger partial charge in [-0.2, -0.15) is 0 Å². The number of furan rings is 1. The molecular weight excluding hydrogens is 452 g/mol. The molecule has 3 aromatic carbocycles. The van der Waals surface area contributed by atoms with Crippen LogP contribution >= 0.6 is 0 Å². The molecule has 0 fully saturated rings. The van der Waals surface area contributed by atoms with Gasteiger partial charge in [-0.25, -0.2) is 0 Å². The first kappa shape index (κ1) is 24.1. The molecule has 0 bridgehead atoms. The van der Waals surface area contributed by atoms with E-state index in [1.54, 1.807) is 6.26 Å². The molecule has 0 amide bonds. The molecule has 0 radical (unpaired) electrons. The van der Waals surface area contributed by atoms with Gasteiger partial charge in [0, 0.05) is 0 Å². The second-order valence-corrected chi connectivity index (χ2v) is 8.69. The molecule has 5 nitrogen and oxygen atoms in total. The van der Waals surface area contributed by atoms with Crippen molar-refractivity contribution in [1.29, 1.82) is 0 Å². The average molecular weight is 483 g/mol. The van der Waals surface area contributed by atoms with E-state index in [4.69, 9.17) is 23.4 Å². The fourth-order valence-electron chi connectivity index (χ4n) is 4.16. The van der Waals surface area contributed by atoms with Gasteiger partial charge in [-0.05, 0) is 34.9 Å². The molecule has 0 spiro atoms. The highest BCUT2D eigenvalue weighted by atomic mass is 16.6. The molecule has 5 rings (SSSR count). The highest BCUT2D eigenvalue weighted by molar-refractivity contribution is 5.56. The first-order valence-electron chi connectivity index (χ1n) is 12.2. The molecular formula is C31H30O5. The molecule has 0 unspecified atom stereocenters. The van der Waals surface area contributed by atoms with Crippen molar-refractivity contribution in [1.82, 2.24) is 0 Å². The van der Waals surface area contributed by atoms with Crippen LogP contribution in [0.25, 0.3) is 5.76 Å². The zero-order valence-corrected chi connectivity index (χ0v) is 20.1. The minimum Gasteiger partial charge on any atom is -0.481 e. The predicted octanol–water partition coefficient (Wildman–Crippen LogP) is 6.41. The van der Waals surface area contributed by atoms with Crippen molar-refractivity contribution >= 4 is 5.76 Å². The summed E-state index contributed by atoms with van der Waals surface area (Å²) in [6.45, 7) is 1.73. The van der Waals surface area contributed by atoms with Crippen LogP contribution in [0.2, 0.25) is 0 Å². The molecule has 4 aromatic rings. The summed E-state index contributed by atoms with van der Waals surface area (Å²) in [5.74, 6) is 1.28. The maximum atomic E-state index is 6.45. The Kier molecular flexibility index (Phi) is 8.26. The summed E-state index contributed by atoms with van der Waals surface area (Å²) in [7, 11) is 0. The summed E-state index contributed by atoms with van der Waals surface area (Å²) in [6.07, 6.45) is 2.48. The molecule has 0 aliphatic carbocycles. The maximum absolute atomic E-state index is 6.45. The SMILES string of the molecule is C1=C(c2ccco2)O[C@H](COCc2ccccc2)[C@@H](OCc2ccccc2)[C@@H]1OCc1ccccc1. The Morgan fingerprint density at radius 1 is 0.611 bits per heavy atom. The van der Waals surface area contributed by atoms with E-state index in [0.29, 0.717) is 37.9 Å². The summed E-state index contributed by atoms with van der Waals surface area (Å²) in [5, 5.41) is 0. The first-order chi connectivity index (χ1) is 17.8. The fraction of sp³-hybridized carbons (Fsp3) is 0.226. The van der Waals surface area contributed by atoms with Gasteiger partial charge in [0.1, 0.15) is 12.2 Å². The normalized spacial score (nSPS) is 19.4. The van der Waals surface area contributed by atoms with E-state index in [2.05, 4.69) is 24.3 Å². The summed E-state index contributed by atoms with van der Waals surface area (Å²) in [4.78, 5) is 0. The predicted molar refractivity (Wildman–Crippen MR) is 138 cm³/mol. The smallest absolute Gasteiger partial charge is 0.168 e. The van der Waals surface area contributed by atoms with Crippen molar-refractivity contribution in [3.05, 3.63) is 138 Å². The molecule has 184 valence electrons. The second kappa shape index (κ2) is 12.4. The molecule has 1 aliphatic heterocycles. The fourth-order valence-corrected chi connectivity index (χ4v) is 4.16. The molecule has 1 aliphatic rings. The summed E-state index contributed by atoms with van der Waals surface area (Å²) >= 11 is 0. The van der Waals surface area contributed by atoms with Crippen molar-refractivity contribution in [2.24, 2.45) is 0 Å². The number of hydrogen-bond donors (Lipinski definition) is 0. The van der Waals surface area contributed by atoms with E-state index < -0.39 is 0 Å². The van der Waals surface area contributed by atoms with E-state index in [1.807, 2.05) is 84.9 Å². The van der Waals surface area contributed by atoms with Gasteiger partial charge in [0.2, 0.25) is 0 Å². The van der Waals surface area contributed by atoms with E-state index in [9.17, 15) is 0 Å². The van der Waals surface area contributed by atoms with Gasteiger partial charge in [0.05, 0.1) is 32.7 Å². The Hall–Kier alpha value is -3.64. The Labute approximate surface area is 211 Å². The molecule has 0 N–H and O–H groups in total. The van der Waals surface area contributed by atoms with Crippen LogP contribution in [0.15, 0.2) is 120 Å². The van der Waals surface area contributed by atoms with E-state index >= 15 is 0 Å². The van der Waals surface area contributed by atoms with Crippen molar-refractivity contribution < 1.29 is 23.4 Å². The third-order valence-corrected chi connectivity index (χ3v) is 6.01. The van der Waals surface area contributed by atoms with Crippen LogP contribution in [0.3, 0.4) is 0 Å². The zero-order chi connectivity index (χ0) is 24.4. The van der Waals surface area contributed by atoms with Gasteiger partial charge >= 0.3 is 0 Å². The standard InChI is InChI=1S/C31H30O5/c1-4-11-24(12-5-1)20-32-23-30-31(35-22-26-15-8-3-9-16-26)29(34-21-25-13-6-2-7-14-25)19-28(36-30)27-17-10-18-33-27/h1-19,29-31H,20-23H2/t29-,30-,31+/m1/s1. The number of rotatable bonds is 11. The van der Waals surface area contributed by atoms with Gasteiger partial charge < -0.3 is 23.4 Å². The van der Waals surface area contributed by atoms with Gasteiger partial charge in [-0.1, -0.05) is 91.0 Å². The van der Waals surface area contributed by atoms with Gasteiger partial charge in [-0.15, -0.1) is 0 Å². The Morgan fingerprint density at radius 2 is 1.19 bits per heavy atom.